The van der Waals surface area contributed by atoms with Gasteiger partial charge in [-0.25, -0.2) is 0 Å². The van der Waals surface area contributed by atoms with E-state index in [1.807, 2.05) is 32.0 Å². The fourth-order valence-electron chi connectivity index (χ4n) is 2.43. The molecule has 0 saturated heterocycles. The molecule has 0 aromatic heterocycles. The van der Waals surface area contributed by atoms with Crippen molar-refractivity contribution < 1.29 is 4.74 Å². The number of hydrogen-bond donors (Lipinski definition) is 2. The average Bonchev–Trinajstić information content (AvgIpc) is 2.64. The lowest BCUT2D eigenvalue weighted by Gasteiger charge is -2.18. The molecule has 1 atom stereocenters. The van der Waals surface area contributed by atoms with Crippen LogP contribution >= 0.6 is 24.0 Å². The van der Waals surface area contributed by atoms with Crippen LogP contribution in [0, 0.1) is 0 Å². The van der Waals surface area contributed by atoms with Crippen molar-refractivity contribution in [3.8, 4) is 0 Å². The molecule has 0 saturated carbocycles. The highest BCUT2D eigenvalue weighted by Gasteiger charge is 2.07. The van der Waals surface area contributed by atoms with Crippen LogP contribution in [0.1, 0.15) is 43.5 Å². The van der Waals surface area contributed by atoms with E-state index >= 15 is 0 Å². The fraction of sp³-hybridized carbons (Fsp3) is 0.381. The van der Waals surface area contributed by atoms with Crippen LogP contribution in [0.15, 0.2) is 59.6 Å². The molecule has 26 heavy (non-hydrogen) atoms. The number of benzene rings is 2. The van der Waals surface area contributed by atoms with E-state index in [0.717, 1.165) is 12.5 Å². The number of hydrogen-bond acceptors (Lipinski definition) is 2. The average molecular weight is 467 g/mol. The number of rotatable bonds is 7. The third-order valence-electron chi connectivity index (χ3n) is 3.94. The monoisotopic (exact) mass is 467 g/mol. The van der Waals surface area contributed by atoms with E-state index in [1.54, 1.807) is 7.05 Å². The molecule has 2 N–H and O–H groups in total. The summed E-state index contributed by atoms with van der Waals surface area (Å²) in [7, 11) is 1.79. The number of halogens is 1. The van der Waals surface area contributed by atoms with Crippen molar-refractivity contribution in [2.24, 2.45) is 4.99 Å². The minimum atomic E-state index is 0. The second-order valence-electron chi connectivity index (χ2n) is 6.38. The molecule has 0 aliphatic carbocycles. The summed E-state index contributed by atoms with van der Waals surface area (Å²) in [5.41, 5.74) is 3.64. The zero-order valence-electron chi connectivity index (χ0n) is 16.0. The van der Waals surface area contributed by atoms with Crippen molar-refractivity contribution in [3.05, 3.63) is 71.3 Å². The van der Waals surface area contributed by atoms with Crippen LogP contribution in [0.3, 0.4) is 0 Å². The normalized spacial score (nSPS) is 12.4. The van der Waals surface area contributed by atoms with E-state index in [-0.39, 0.29) is 36.1 Å². The summed E-state index contributed by atoms with van der Waals surface area (Å²) in [4.78, 5) is 4.31. The van der Waals surface area contributed by atoms with Gasteiger partial charge in [-0.2, -0.15) is 0 Å². The molecular weight excluding hydrogens is 437 g/mol. The first kappa shape index (κ1) is 22.4. The molecule has 2 aromatic carbocycles. The van der Waals surface area contributed by atoms with Gasteiger partial charge in [0.05, 0.1) is 18.8 Å². The van der Waals surface area contributed by atoms with Gasteiger partial charge in [0.1, 0.15) is 0 Å². The minimum Gasteiger partial charge on any atom is -0.374 e. The van der Waals surface area contributed by atoms with E-state index in [2.05, 4.69) is 58.9 Å². The van der Waals surface area contributed by atoms with Crippen LogP contribution in [0.2, 0.25) is 0 Å². The zero-order valence-corrected chi connectivity index (χ0v) is 18.4. The van der Waals surface area contributed by atoms with Crippen LogP contribution in [0.25, 0.3) is 0 Å². The Morgan fingerprint density at radius 2 is 1.58 bits per heavy atom. The van der Waals surface area contributed by atoms with E-state index in [4.69, 9.17) is 4.74 Å². The highest BCUT2D eigenvalue weighted by molar-refractivity contribution is 14.0. The summed E-state index contributed by atoms with van der Waals surface area (Å²) in [6.45, 7) is 7.61. The SMILES string of the molecule is CN=C(NCc1ccc(COC(C)C)cc1)NC(C)c1ccccc1.I. The lowest BCUT2D eigenvalue weighted by atomic mass is 10.1. The van der Waals surface area contributed by atoms with Gasteiger partial charge < -0.3 is 15.4 Å². The molecule has 0 amide bonds. The first-order valence-electron chi connectivity index (χ1n) is 8.80. The summed E-state index contributed by atoms with van der Waals surface area (Å²) in [6, 6.07) is 19.0. The standard InChI is InChI=1S/C21H29N3O.HI/c1-16(2)25-15-19-12-10-18(11-13-19)14-23-21(22-4)24-17(3)20-8-6-5-7-9-20;/h5-13,16-17H,14-15H2,1-4H3,(H2,22,23,24);1H. The van der Waals surface area contributed by atoms with Crippen LogP contribution in [-0.2, 0) is 17.9 Å². The predicted octanol–water partition coefficient (Wildman–Crippen LogP) is 4.66. The molecule has 0 radical (unpaired) electrons. The van der Waals surface area contributed by atoms with Crippen molar-refractivity contribution in [1.29, 1.82) is 0 Å². The van der Waals surface area contributed by atoms with Crippen molar-refractivity contribution in [2.45, 2.75) is 46.1 Å². The Kier molecular flexibility index (Phi) is 10.3. The molecule has 2 aromatic rings. The highest BCUT2D eigenvalue weighted by Crippen LogP contribution is 2.11. The van der Waals surface area contributed by atoms with Gasteiger partial charge >= 0.3 is 0 Å². The Balaban J connectivity index is 0.00000338. The van der Waals surface area contributed by atoms with Crippen molar-refractivity contribution in [3.63, 3.8) is 0 Å². The van der Waals surface area contributed by atoms with Gasteiger partial charge in [0.25, 0.3) is 0 Å². The quantitative estimate of drug-likeness (QED) is 0.354. The topological polar surface area (TPSA) is 45.7 Å². The lowest BCUT2D eigenvalue weighted by Crippen LogP contribution is -2.38. The van der Waals surface area contributed by atoms with Crippen LogP contribution in [-0.4, -0.2) is 19.1 Å². The third-order valence-corrected chi connectivity index (χ3v) is 3.94. The zero-order chi connectivity index (χ0) is 18.1. The molecule has 0 fully saturated rings. The summed E-state index contributed by atoms with van der Waals surface area (Å²) < 4.78 is 5.62. The van der Waals surface area contributed by atoms with Gasteiger partial charge in [-0.1, -0.05) is 54.6 Å². The van der Waals surface area contributed by atoms with Crippen LogP contribution in [0.5, 0.6) is 0 Å². The lowest BCUT2D eigenvalue weighted by molar-refractivity contribution is 0.0657. The van der Waals surface area contributed by atoms with E-state index in [0.29, 0.717) is 6.61 Å². The maximum absolute atomic E-state index is 5.62. The third kappa shape index (κ3) is 7.74. The van der Waals surface area contributed by atoms with E-state index in [1.165, 1.54) is 16.7 Å². The Morgan fingerprint density at radius 1 is 0.962 bits per heavy atom. The molecule has 142 valence electrons. The molecule has 1 unspecified atom stereocenters. The number of aliphatic imine (C=N–C) groups is 1. The smallest absolute Gasteiger partial charge is 0.191 e. The Bertz CT molecular complexity index is 657. The summed E-state index contributed by atoms with van der Waals surface area (Å²) >= 11 is 0. The molecule has 0 heterocycles. The molecule has 0 aliphatic heterocycles. The van der Waals surface area contributed by atoms with Gasteiger partial charge in [0.15, 0.2) is 5.96 Å². The summed E-state index contributed by atoms with van der Waals surface area (Å²) in [5.74, 6) is 0.795. The second-order valence-corrected chi connectivity index (χ2v) is 6.38. The van der Waals surface area contributed by atoms with Crippen LogP contribution < -0.4 is 10.6 Å². The molecule has 0 spiro atoms. The second kappa shape index (κ2) is 11.9. The van der Waals surface area contributed by atoms with Crippen LogP contribution in [0.4, 0.5) is 0 Å². The summed E-state index contributed by atoms with van der Waals surface area (Å²) in [6.07, 6.45) is 0.252. The molecule has 0 bridgehead atoms. The number of nitrogens with zero attached hydrogens (tertiary/aromatic N) is 1. The van der Waals surface area contributed by atoms with Crippen molar-refractivity contribution >= 4 is 29.9 Å². The predicted molar refractivity (Wildman–Crippen MR) is 120 cm³/mol. The number of ether oxygens (including phenoxy) is 1. The summed E-state index contributed by atoms with van der Waals surface area (Å²) in [5, 5.41) is 6.78. The maximum Gasteiger partial charge on any atom is 0.191 e. The largest absolute Gasteiger partial charge is 0.374 e. The Morgan fingerprint density at radius 3 is 2.15 bits per heavy atom. The van der Waals surface area contributed by atoms with Gasteiger partial charge in [-0.05, 0) is 37.5 Å². The van der Waals surface area contributed by atoms with Crippen molar-refractivity contribution in [1.82, 2.24) is 10.6 Å². The molecular formula is C21H30IN3O. The van der Waals surface area contributed by atoms with Gasteiger partial charge in [0.2, 0.25) is 0 Å². The molecule has 5 heteroatoms. The highest BCUT2D eigenvalue weighted by atomic mass is 127. The first-order valence-corrected chi connectivity index (χ1v) is 8.80. The van der Waals surface area contributed by atoms with Crippen molar-refractivity contribution in [2.75, 3.05) is 7.05 Å². The molecule has 2 rings (SSSR count). The molecule has 4 nitrogen and oxygen atoms in total. The Hall–Kier alpha value is -1.60. The van der Waals surface area contributed by atoms with E-state index in [9.17, 15) is 0 Å². The van der Waals surface area contributed by atoms with Gasteiger partial charge in [-0.3, -0.25) is 4.99 Å². The fourth-order valence-corrected chi connectivity index (χ4v) is 2.43. The van der Waals surface area contributed by atoms with Gasteiger partial charge in [0, 0.05) is 13.6 Å². The van der Waals surface area contributed by atoms with Gasteiger partial charge in [-0.15, -0.1) is 24.0 Å². The Labute approximate surface area is 174 Å². The number of guanidine groups is 1. The maximum atomic E-state index is 5.62. The minimum absolute atomic E-state index is 0. The number of nitrogens with one attached hydrogen (secondary N) is 2. The molecule has 0 aliphatic rings. The first-order chi connectivity index (χ1) is 12.1. The van der Waals surface area contributed by atoms with E-state index < -0.39 is 0 Å².